The molecule has 1 aromatic heterocycles. The van der Waals surface area contributed by atoms with E-state index in [0.717, 1.165) is 43.6 Å². The van der Waals surface area contributed by atoms with Gasteiger partial charge in [0.2, 0.25) is 10.0 Å². The van der Waals surface area contributed by atoms with Gasteiger partial charge >= 0.3 is 0 Å². The van der Waals surface area contributed by atoms with Gasteiger partial charge < -0.3 is 9.64 Å². The fraction of sp³-hybridized carbons (Fsp3) is 0.571. The van der Waals surface area contributed by atoms with Crippen LogP contribution in [0, 0.1) is 0 Å². The first-order valence-electron chi connectivity index (χ1n) is 10.3. The second-order valence-corrected chi connectivity index (χ2v) is 10.7. The maximum absolute atomic E-state index is 11.8. The first-order chi connectivity index (χ1) is 14.0. The molecule has 4 rings (SSSR count). The Balaban J connectivity index is 1.36. The molecule has 1 saturated heterocycles. The third kappa shape index (κ3) is 5.36. The van der Waals surface area contributed by atoms with Crippen LogP contribution in [0.4, 0.5) is 5.00 Å². The fourth-order valence-electron chi connectivity index (χ4n) is 4.63. The van der Waals surface area contributed by atoms with Crippen molar-refractivity contribution in [3.05, 3.63) is 48.2 Å². The van der Waals surface area contributed by atoms with Gasteiger partial charge in [-0.2, -0.15) is 4.37 Å². The second-order valence-electron chi connectivity index (χ2n) is 8.11. The van der Waals surface area contributed by atoms with Crippen LogP contribution in [0.1, 0.15) is 43.6 Å². The molecular weight excluding hydrogens is 406 g/mol. The molecule has 8 heteroatoms. The molecular formula is C21H29N3O3S2. The predicted molar refractivity (Wildman–Crippen MR) is 117 cm³/mol. The molecule has 2 heterocycles. The summed E-state index contributed by atoms with van der Waals surface area (Å²) in [4.78, 5) is 2.25. The molecule has 2 atom stereocenters. The summed E-state index contributed by atoms with van der Waals surface area (Å²) in [5.74, 6) is 0.621. The quantitative estimate of drug-likeness (QED) is 0.722. The zero-order valence-corrected chi connectivity index (χ0v) is 18.4. The number of nitrogens with one attached hydrogen (secondary N) is 1. The van der Waals surface area contributed by atoms with E-state index in [-0.39, 0.29) is 18.2 Å². The van der Waals surface area contributed by atoms with E-state index in [1.807, 2.05) is 6.07 Å². The number of aromatic nitrogens is 1. The highest BCUT2D eigenvalue weighted by molar-refractivity contribution is 7.88. The Hall–Kier alpha value is -1.48. The molecule has 2 fully saturated rings. The minimum Gasteiger partial charge on any atom is -0.376 e. The van der Waals surface area contributed by atoms with Crippen LogP contribution in [0.3, 0.4) is 0 Å². The summed E-state index contributed by atoms with van der Waals surface area (Å²) in [6.45, 7) is 1.34. The lowest BCUT2D eigenvalue weighted by atomic mass is 9.83. The molecule has 29 heavy (non-hydrogen) atoms. The number of hydrogen-bond acceptors (Lipinski definition) is 6. The highest BCUT2D eigenvalue weighted by Crippen LogP contribution is 2.35. The van der Waals surface area contributed by atoms with Crippen molar-refractivity contribution in [3.63, 3.8) is 0 Å². The van der Waals surface area contributed by atoms with Gasteiger partial charge in [0, 0.05) is 18.8 Å². The van der Waals surface area contributed by atoms with E-state index >= 15 is 0 Å². The molecule has 1 aliphatic carbocycles. The molecule has 2 aromatic rings. The normalized spacial score (nSPS) is 28.0. The third-order valence-corrected chi connectivity index (χ3v) is 7.58. The largest absolute Gasteiger partial charge is 0.376 e. The first kappa shape index (κ1) is 20.8. The van der Waals surface area contributed by atoms with Gasteiger partial charge in [-0.1, -0.05) is 30.3 Å². The Morgan fingerprint density at radius 3 is 2.55 bits per heavy atom. The Bertz CT molecular complexity index is 866. The summed E-state index contributed by atoms with van der Waals surface area (Å²) >= 11 is 1.45. The summed E-state index contributed by atoms with van der Waals surface area (Å²) in [6, 6.07) is 12.6. The molecule has 0 radical (unpaired) electrons. The van der Waals surface area contributed by atoms with Crippen LogP contribution >= 0.6 is 11.5 Å². The average molecular weight is 436 g/mol. The van der Waals surface area contributed by atoms with Crippen LogP contribution in [0.2, 0.25) is 0 Å². The van der Waals surface area contributed by atoms with Gasteiger partial charge in [-0.3, -0.25) is 0 Å². The van der Waals surface area contributed by atoms with Crippen LogP contribution in [0.15, 0.2) is 42.6 Å². The van der Waals surface area contributed by atoms with Crippen molar-refractivity contribution in [2.75, 3.05) is 24.3 Å². The molecule has 6 nitrogen and oxygen atoms in total. The van der Waals surface area contributed by atoms with Gasteiger partial charge in [0.15, 0.2) is 0 Å². The van der Waals surface area contributed by atoms with E-state index in [2.05, 4.69) is 44.3 Å². The number of sulfonamides is 1. The fourth-order valence-corrected chi connectivity index (χ4v) is 6.13. The van der Waals surface area contributed by atoms with E-state index < -0.39 is 10.0 Å². The van der Waals surface area contributed by atoms with Crippen LogP contribution in [-0.2, 0) is 14.8 Å². The number of rotatable bonds is 7. The van der Waals surface area contributed by atoms with Crippen LogP contribution < -0.4 is 9.62 Å². The van der Waals surface area contributed by atoms with Crippen molar-refractivity contribution < 1.29 is 13.2 Å². The highest BCUT2D eigenvalue weighted by atomic mass is 32.2. The molecule has 1 N–H and O–H groups in total. The lowest BCUT2D eigenvalue weighted by Gasteiger charge is -2.33. The van der Waals surface area contributed by atoms with E-state index in [4.69, 9.17) is 4.74 Å². The topological polar surface area (TPSA) is 71.5 Å². The van der Waals surface area contributed by atoms with Crippen molar-refractivity contribution in [3.8, 4) is 0 Å². The summed E-state index contributed by atoms with van der Waals surface area (Å²) < 4.78 is 37.0. The van der Waals surface area contributed by atoms with Gasteiger partial charge in [0.05, 0.1) is 25.0 Å². The SMILES string of the molecule is CS(=O)(=O)N[C@H]1CCN(c2ccns2)[C@H]1CO[C@H]1CC[C@@H](c2ccccc2)CC1. The van der Waals surface area contributed by atoms with E-state index in [0.29, 0.717) is 12.5 Å². The Labute approximate surface area is 177 Å². The molecule has 0 unspecified atom stereocenters. The molecule has 2 aliphatic rings. The standard InChI is InChI=1S/C21H29N3O3S2/c1-29(25,26)23-19-12-14-24(21-11-13-22-28-21)20(19)15-27-18-9-7-17(8-10-18)16-5-3-2-4-6-16/h2-6,11,13,17-20,23H,7-10,12,14-15H2,1H3/t17-,18+,19-,20-/m0/s1. The monoisotopic (exact) mass is 435 g/mol. The maximum Gasteiger partial charge on any atom is 0.209 e. The Kier molecular flexibility index (Phi) is 6.53. The average Bonchev–Trinajstić information content (AvgIpc) is 3.36. The maximum atomic E-state index is 11.8. The number of hydrogen-bond donors (Lipinski definition) is 1. The van der Waals surface area contributed by atoms with E-state index in [1.54, 1.807) is 6.20 Å². The van der Waals surface area contributed by atoms with Gasteiger partial charge in [-0.15, -0.1) is 0 Å². The smallest absolute Gasteiger partial charge is 0.209 e. The lowest BCUT2D eigenvalue weighted by molar-refractivity contribution is 0.0157. The summed E-state index contributed by atoms with van der Waals surface area (Å²) in [6.07, 6.45) is 8.43. The Morgan fingerprint density at radius 2 is 1.90 bits per heavy atom. The molecule has 0 amide bonds. The zero-order valence-electron chi connectivity index (χ0n) is 16.7. The summed E-state index contributed by atoms with van der Waals surface area (Å²) in [7, 11) is -3.26. The van der Waals surface area contributed by atoms with Gasteiger partial charge in [-0.25, -0.2) is 13.1 Å². The van der Waals surface area contributed by atoms with Gasteiger partial charge in [-0.05, 0) is 61.2 Å². The van der Waals surface area contributed by atoms with Crippen LogP contribution in [-0.4, -0.2) is 50.4 Å². The van der Waals surface area contributed by atoms with Crippen molar-refractivity contribution in [1.29, 1.82) is 0 Å². The number of benzene rings is 1. The van der Waals surface area contributed by atoms with Gasteiger partial charge in [0.25, 0.3) is 0 Å². The molecule has 1 saturated carbocycles. The minimum absolute atomic E-state index is 0.00276. The predicted octanol–water partition coefficient (Wildman–Crippen LogP) is 3.38. The van der Waals surface area contributed by atoms with Crippen molar-refractivity contribution in [2.24, 2.45) is 0 Å². The van der Waals surface area contributed by atoms with Crippen LogP contribution in [0.25, 0.3) is 0 Å². The lowest BCUT2D eigenvalue weighted by Crippen LogP contribution is -2.47. The second kappa shape index (κ2) is 9.12. The molecule has 158 valence electrons. The number of anilines is 1. The minimum atomic E-state index is -3.26. The molecule has 1 aliphatic heterocycles. The van der Waals surface area contributed by atoms with Crippen molar-refractivity contribution >= 4 is 26.6 Å². The van der Waals surface area contributed by atoms with Crippen molar-refractivity contribution in [1.82, 2.24) is 9.10 Å². The summed E-state index contributed by atoms with van der Waals surface area (Å²) in [5.41, 5.74) is 1.43. The van der Waals surface area contributed by atoms with Crippen molar-refractivity contribution in [2.45, 2.75) is 56.2 Å². The highest BCUT2D eigenvalue weighted by Gasteiger charge is 2.37. The number of ether oxygens (including phenoxy) is 1. The summed E-state index contributed by atoms with van der Waals surface area (Å²) in [5, 5.41) is 1.07. The van der Waals surface area contributed by atoms with Crippen LogP contribution in [0.5, 0.6) is 0 Å². The molecule has 0 spiro atoms. The number of nitrogens with zero attached hydrogens (tertiary/aromatic N) is 2. The third-order valence-electron chi connectivity index (χ3n) is 6.07. The molecule has 1 aromatic carbocycles. The Morgan fingerprint density at radius 1 is 1.14 bits per heavy atom. The zero-order chi connectivity index (χ0) is 20.3. The first-order valence-corrected chi connectivity index (χ1v) is 13.0. The van der Waals surface area contributed by atoms with E-state index in [1.165, 1.54) is 23.4 Å². The van der Waals surface area contributed by atoms with Gasteiger partial charge in [0.1, 0.15) is 5.00 Å². The molecule has 0 bridgehead atoms. The van der Waals surface area contributed by atoms with E-state index in [9.17, 15) is 8.42 Å².